The summed E-state index contributed by atoms with van der Waals surface area (Å²) in [6, 6.07) is 16.6. The quantitative estimate of drug-likeness (QED) is 0.321. The third-order valence-electron chi connectivity index (χ3n) is 6.17. The molecule has 198 valence electrons. The van der Waals surface area contributed by atoms with Gasteiger partial charge in [-0.2, -0.15) is 0 Å². The number of methoxy groups -OCH3 is 1. The first kappa shape index (κ1) is 26.4. The highest BCUT2D eigenvalue weighted by Crippen LogP contribution is 2.31. The van der Waals surface area contributed by atoms with E-state index in [4.69, 9.17) is 25.5 Å². The SMILES string of the molecule is CCOC(=O)C1=C(C)N=c2sc(=Cc3ccc(-c4cccc(Cl)c4)o3)c(=O)n2C1c1ccc(C(=O)OC)cc1. The fourth-order valence-electron chi connectivity index (χ4n) is 4.38. The van der Waals surface area contributed by atoms with Crippen molar-refractivity contribution in [1.29, 1.82) is 0 Å². The van der Waals surface area contributed by atoms with Crippen LogP contribution in [0.25, 0.3) is 17.4 Å². The summed E-state index contributed by atoms with van der Waals surface area (Å²) in [6.07, 6.45) is 1.65. The molecule has 39 heavy (non-hydrogen) atoms. The van der Waals surface area contributed by atoms with E-state index in [9.17, 15) is 14.4 Å². The summed E-state index contributed by atoms with van der Waals surface area (Å²) in [5.41, 5.74) is 2.14. The number of esters is 2. The Kier molecular flexibility index (Phi) is 7.36. The van der Waals surface area contributed by atoms with E-state index in [-0.39, 0.29) is 17.7 Å². The highest BCUT2D eigenvalue weighted by atomic mass is 35.5. The molecule has 1 aliphatic rings. The molecule has 0 radical (unpaired) electrons. The molecular weight excluding hydrogens is 540 g/mol. The lowest BCUT2D eigenvalue weighted by molar-refractivity contribution is -0.139. The molecule has 1 unspecified atom stereocenters. The second-order valence-corrected chi connectivity index (χ2v) is 10.1. The Labute approximate surface area is 232 Å². The van der Waals surface area contributed by atoms with Crippen LogP contribution in [-0.2, 0) is 14.3 Å². The van der Waals surface area contributed by atoms with E-state index in [2.05, 4.69) is 4.99 Å². The molecule has 0 fully saturated rings. The van der Waals surface area contributed by atoms with Crippen LogP contribution in [0.4, 0.5) is 0 Å². The van der Waals surface area contributed by atoms with Crippen molar-refractivity contribution >= 4 is 41.0 Å². The van der Waals surface area contributed by atoms with Crippen LogP contribution in [0.15, 0.2) is 86.1 Å². The van der Waals surface area contributed by atoms with Crippen LogP contribution in [0.3, 0.4) is 0 Å². The molecular formula is C29H23ClN2O6S. The van der Waals surface area contributed by atoms with Crippen LogP contribution in [0.2, 0.25) is 5.02 Å². The Morgan fingerprint density at radius 3 is 2.59 bits per heavy atom. The van der Waals surface area contributed by atoms with Crippen molar-refractivity contribution in [2.24, 2.45) is 4.99 Å². The van der Waals surface area contributed by atoms with Crippen molar-refractivity contribution in [1.82, 2.24) is 4.57 Å². The molecule has 8 nitrogen and oxygen atoms in total. The summed E-state index contributed by atoms with van der Waals surface area (Å²) in [5.74, 6) is 0.0433. The van der Waals surface area contributed by atoms with Gasteiger partial charge in [-0.25, -0.2) is 14.6 Å². The van der Waals surface area contributed by atoms with Gasteiger partial charge in [-0.05, 0) is 55.8 Å². The average Bonchev–Trinajstić information content (AvgIpc) is 3.52. The number of nitrogens with zero attached hydrogens (tertiary/aromatic N) is 2. The molecule has 0 spiro atoms. The maximum atomic E-state index is 13.8. The highest BCUT2D eigenvalue weighted by molar-refractivity contribution is 7.07. The minimum atomic E-state index is -0.798. The summed E-state index contributed by atoms with van der Waals surface area (Å²) in [5, 5.41) is 0.589. The number of fused-ring (bicyclic) bond motifs is 1. The maximum Gasteiger partial charge on any atom is 0.338 e. The summed E-state index contributed by atoms with van der Waals surface area (Å²) in [4.78, 5) is 43.7. The van der Waals surface area contributed by atoms with E-state index in [1.54, 1.807) is 62.4 Å². The fourth-order valence-corrected chi connectivity index (χ4v) is 5.60. The number of furan rings is 1. The van der Waals surface area contributed by atoms with Gasteiger partial charge in [0.2, 0.25) is 0 Å². The first-order valence-corrected chi connectivity index (χ1v) is 13.2. The smallest absolute Gasteiger partial charge is 0.338 e. The molecule has 0 saturated carbocycles. The average molecular weight is 563 g/mol. The van der Waals surface area contributed by atoms with Gasteiger partial charge in [0.05, 0.1) is 41.1 Å². The van der Waals surface area contributed by atoms with Crippen molar-refractivity contribution in [3.8, 4) is 11.3 Å². The molecule has 0 aliphatic carbocycles. The Morgan fingerprint density at radius 2 is 1.90 bits per heavy atom. The number of ether oxygens (including phenoxy) is 2. The van der Waals surface area contributed by atoms with Crippen molar-refractivity contribution in [2.45, 2.75) is 19.9 Å². The Hall–Kier alpha value is -4.21. The zero-order valence-electron chi connectivity index (χ0n) is 21.3. The zero-order valence-corrected chi connectivity index (χ0v) is 22.8. The monoisotopic (exact) mass is 562 g/mol. The minimum Gasteiger partial charge on any atom is -0.465 e. The molecule has 5 rings (SSSR count). The largest absolute Gasteiger partial charge is 0.465 e. The molecule has 1 aliphatic heterocycles. The predicted octanol–water partition coefficient (Wildman–Crippen LogP) is 4.50. The van der Waals surface area contributed by atoms with Crippen LogP contribution in [-0.4, -0.2) is 30.2 Å². The lowest BCUT2D eigenvalue weighted by atomic mass is 9.95. The maximum absolute atomic E-state index is 13.8. The van der Waals surface area contributed by atoms with Gasteiger partial charge in [-0.15, -0.1) is 0 Å². The van der Waals surface area contributed by atoms with Crippen LogP contribution in [0.5, 0.6) is 0 Å². The molecule has 4 aromatic rings. The molecule has 3 heterocycles. The van der Waals surface area contributed by atoms with E-state index < -0.39 is 18.0 Å². The Bertz CT molecular complexity index is 1800. The van der Waals surface area contributed by atoms with Crippen LogP contribution >= 0.6 is 22.9 Å². The van der Waals surface area contributed by atoms with Gasteiger partial charge in [0.15, 0.2) is 4.80 Å². The van der Waals surface area contributed by atoms with Crippen molar-refractivity contribution in [3.63, 3.8) is 0 Å². The first-order valence-electron chi connectivity index (χ1n) is 12.0. The third-order valence-corrected chi connectivity index (χ3v) is 7.39. The van der Waals surface area contributed by atoms with E-state index in [1.807, 2.05) is 18.2 Å². The first-order chi connectivity index (χ1) is 18.8. The summed E-state index contributed by atoms with van der Waals surface area (Å²) < 4.78 is 17.9. The van der Waals surface area contributed by atoms with Gasteiger partial charge in [0.25, 0.3) is 5.56 Å². The minimum absolute atomic E-state index is 0.168. The zero-order chi connectivity index (χ0) is 27.7. The van der Waals surface area contributed by atoms with Crippen molar-refractivity contribution in [3.05, 3.63) is 114 Å². The number of halogens is 1. The number of benzene rings is 2. The topological polar surface area (TPSA) is 100 Å². The summed E-state index contributed by atoms with van der Waals surface area (Å²) in [7, 11) is 1.30. The Balaban J connectivity index is 1.62. The molecule has 0 bridgehead atoms. The second kappa shape index (κ2) is 10.9. The lowest BCUT2D eigenvalue weighted by Crippen LogP contribution is -2.39. The van der Waals surface area contributed by atoms with E-state index in [1.165, 1.54) is 23.0 Å². The van der Waals surface area contributed by atoms with Crippen LogP contribution in [0.1, 0.15) is 41.6 Å². The molecule has 0 amide bonds. The third kappa shape index (κ3) is 5.10. The van der Waals surface area contributed by atoms with Gasteiger partial charge in [-0.3, -0.25) is 9.36 Å². The number of allylic oxidation sites excluding steroid dienone is 1. The summed E-state index contributed by atoms with van der Waals surface area (Å²) in [6.45, 7) is 3.59. The predicted molar refractivity (Wildman–Crippen MR) is 147 cm³/mol. The number of hydrogen-bond acceptors (Lipinski definition) is 8. The number of carbonyl (C=O) groups excluding carboxylic acids is 2. The molecule has 10 heteroatoms. The molecule has 0 saturated heterocycles. The molecule has 1 atom stereocenters. The van der Waals surface area contributed by atoms with Crippen molar-refractivity contribution in [2.75, 3.05) is 13.7 Å². The van der Waals surface area contributed by atoms with Gasteiger partial charge in [0.1, 0.15) is 11.5 Å². The van der Waals surface area contributed by atoms with Crippen LogP contribution < -0.4 is 14.9 Å². The second-order valence-electron chi connectivity index (χ2n) is 8.63. The van der Waals surface area contributed by atoms with E-state index in [0.29, 0.717) is 42.7 Å². The summed E-state index contributed by atoms with van der Waals surface area (Å²) >= 11 is 7.30. The van der Waals surface area contributed by atoms with Crippen LogP contribution in [0, 0.1) is 0 Å². The van der Waals surface area contributed by atoms with Gasteiger partial charge < -0.3 is 13.9 Å². The molecule has 2 aromatic heterocycles. The Morgan fingerprint density at radius 1 is 1.13 bits per heavy atom. The number of carbonyl (C=O) groups is 2. The lowest BCUT2D eigenvalue weighted by Gasteiger charge is -2.24. The van der Waals surface area contributed by atoms with E-state index >= 15 is 0 Å². The number of aromatic nitrogens is 1. The highest BCUT2D eigenvalue weighted by Gasteiger charge is 2.33. The number of thiazole rings is 1. The van der Waals surface area contributed by atoms with E-state index in [0.717, 1.165) is 5.56 Å². The number of hydrogen-bond donors (Lipinski definition) is 0. The molecule has 2 aromatic carbocycles. The molecule has 0 N–H and O–H groups in total. The van der Waals surface area contributed by atoms with Gasteiger partial charge >= 0.3 is 11.9 Å². The van der Waals surface area contributed by atoms with Crippen molar-refractivity contribution < 1.29 is 23.5 Å². The van der Waals surface area contributed by atoms with Gasteiger partial charge in [-0.1, -0.05) is 47.2 Å². The standard InChI is InChI=1S/C29H23ClN2O6S/c1-4-37-28(35)24-16(2)31-29-32(25(24)17-8-10-18(11-9-17)27(34)36-3)26(33)23(39-29)15-21-12-13-22(38-21)19-6-5-7-20(30)14-19/h5-15,25H,4H2,1-3H3. The number of rotatable bonds is 6. The fraction of sp³-hybridized carbons (Fsp3) is 0.172. The normalized spacial score (nSPS) is 15.1. The van der Waals surface area contributed by atoms with Gasteiger partial charge in [0, 0.05) is 16.7 Å².